The quantitative estimate of drug-likeness (QED) is 0.621. The van der Waals surface area contributed by atoms with Crippen LogP contribution in [-0.2, 0) is 0 Å². The van der Waals surface area contributed by atoms with Crippen LogP contribution in [0.3, 0.4) is 0 Å². The Bertz CT molecular complexity index is 238. The lowest BCUT2D eigenvalue weighted by atomic mass is 10.3. The highest BCUT2D eigenvalue weighted by molar-refractivity contribution is 5.31. The third-order valence-corrected chi connectivity index (χ3v) is 2.25. The standard InChI is InChI=1S/C14H21O2/c1-3-5-11-15-13-7-9-14(10-8-13)16-12-6-4-2/h7-10H,1,3-6,11-12H2,2H3. The van der Waals surface area contributed by atoms with Crippen LogP contribution in [0.1, 0.15) is 32.6 Å². The van der Waals surface area contributed by atoms with E-state index >= 15 is 0 Å². The van der Waals surface area contributed by atoms with Gasteiger partial charge in [0.25, 0.3) is 0 Å². The molecule has 0 aliphatic carbocycles. The first-order valence-electron chi connectivity index (χ1n) is 6.01. The van der Waals surface area contributed by atoms with Gasteiger partial charge in [0.05, 0.1) is 13.2 Å². The molecule has 0 saturated carbocycles. The second-order valence-electron chi connectivity index (χ2n) is 3.73. The van der Waals surface area contributed by atoms with Crippen molar-refractivity contribution in [3.05, 3.63) is 31.2 Å². The first kappa shape index (κ1) is 12.9. The molecule has 0 aliphatic rings. The van der Waals surface area contributed by atoms with Crippen molar-refractivity contribution in [2.45, 2.75) is 32.6 Å². The van der Waals surface area contributed by atoms with Crippen LogP contribution in [0.25, 0.3) is 0 Å². The van der Waals surface area contributed by atoms with Gasteiger partial charge < -0.3 is 9.47 Å². The average molecular weight is 221 g/mol. The lowest BCUT2D eigenvalue weighted by Gasteiger charge is -2.07. The average Bonchev–Trinajstić information content (AvgIpc) is 2.32. The van der Waals surface area contributed by atoms with Crippen molar-refractivity contribution in [1.82, 2.24) is 0 Å². The van der Waals surface area contributed by atoms with Gasteiger partial charge in [0.2, 0.25) is 0 Å². The summed E-state index contributed by atoms with van der Waals surface area (Å²) in [5.41, 5.74) is 0. The summed E-state index contributed by atoms with van der Waals surface area (Å²) in [6.07, 6.45) is 4.17. The summed E-state index contributed by atoms with van der Waals surface area (Å²) < 4.78 is 11.1. The van der Waals surface area contributed by atoms with Crippen molar-refractivity contribution in [3.8, 4) is 11.5 Å². The van der Waals surface area contributed by atoms with E-state index in [1.165, 1.54) is 0 Å². The van der Waals surface area contributed by atoms with Crippen molar-refractivity contribution < 1.29 is 9.47 Å². The Morgan fingerprint density at radius 3 is 1.88 bits per heavy atom. The minimum atomic E-state index is 0.736. The molecule has 0 unspecified atom stereocenters. The first-order valence-corrected chi connectivity index (χ1v) is 6.01. The Balaban J connectivity index is 2.30. The second-order valence-corrected chi connectivity index (χ2v) is 3.73. The molecule has 89 valence electrons. The topological polar surface area (TPSA) is 18.5 Å². The van der Waals surface area contributed by atoms with E-state index in [1.807, 2.05) is 24.3 Å². The molecular formula is C14H21O2. The van der Waals surface area contributed by atoms with Gasteiger partial charge in [-0.05, 0) is 37.1 Å². The minimum Gasteiger partial charge on any atom is -0.494 e. The van der Waals surface area contributed by atoms with E-state index < -0.39 is 0 Å². The molecule has 1 rings (SSSR count). The van der Waals surface area contributed by atoms with Crippen LogP contribution in [0.15, 0.2) is 24.3 Å². The Kier molecular flexibility index (Phi) is 6.47. The zero-order chi connectivity index (χ0) is 11.6. The lowest BCUT2D eigenvalue weighted by molar-refractivity contribution is 0.302. The van der Waals surface area contributed by atoms with Crippen LogP contribution in [0.5, 0.6) is 11.5 Å². The van der Waals surface area contributed by atoms with Crippen molar-refractivity contribution >= 4 is 0 Å². The van der Waals surface area contributed by atoms with Gasteiger partial charge in [0.15, 0.2) is 0 Å². The molecule has 2 nitrogen and oxygen atoms in total. The van der Waals surface area contributed by atoms with Crippen molar-refractivity contribution in [2.75, 3.05) is 13.2 Å². The largest absolute Gasteiger partial charge is 0.494 e. The highest BCUT2D eigenvalue weighted by atomic mass is 16.5. The lowest BCUT2D eigenvalue weighted by Crippen LogP contribution is -1.98. The SMILES string of the molecule is [CH2]CCCOc1ccc(OCCCC)cc1. The number of rotatable bonds is 8. The summed E-state index contributed by atoms with van der Waals surface area (Å²) in [6.45, 7) is 7.45. The van der Waals surface area contributed by atoms with E-state index in [0.29, 0.717) is 0 Å². The molecule has 0 N–H and O–H groups in total. The molecule has 16 heavy (non-hydrogen) atoms. The Morgan fingerprint density at radius 2 is 1.44 bits per heavy atom. The summed E-state index contributed by atoms with van der Waals surface area (Å²) in [4.78, 5) is 0. The van der Waals surface area contributed by atoms with E-state index in [1.54, 1.807) is 0 Å². The minimum absolute atomic E-state index is 0.736. The van der Waals surface area contributed by atoms with Crippen LogP contribution in [-0.4, -0.2) is 13.2 Å². The van der Waals surface area contributed by atoms with E-state index in [0.717, 1.165) is 50.4 Å². The molecule has 1 aromatic carbocycles. The fraction of sp³-hybridized carbons (Fsp3) is 0.500. The highest BCUT2D eigenvalue weighted by Crippen LogP contribution is 2.18. The molecule has 0 heterocycles. The molecule has 0 amide bonds. The first-order chi connectivity index (χ1) is 7.86. The van der Waals surface area contributed by atoms with Crippen LogP contribution >= 0.6 is 0 Å². The maximum atomic E-state index is 5.56. The van der Waals surface area contributed by atoms with E-state index in [2.05, 4.69) is 13.8 Å². The van der Waals surface area contributed by atoms with Crippen molar-refractivity contribution in [3.63, 3.8) is 0 Å². The van der Waals surface area contributed by atoms with Crippen LogP contribution in [0.2, 0.25) is 0 Å². The monoisotopic (exact) mass is 221 g/mol. The maximum Gasteiger partial charge on any atom is 0.119 e. The predicted octanol–water partition coefficient (Wildman–Crippen LogP) is 3.86. The molecule has 1 radical (unpaired) electrons. The third-order valence-electron chi connectivity index (χ3n) is 2.25. The molecule has 0 fully saturated rings. The zero-order valence-corrected chi connectivity index (χ0v) is 10.1. The van der Waals surface area contributed by atoms with Gasteiger partial charge in [0.1, 0.15) is 11.5 Å². The van der Waals surface area contributed by atoms with Crippen molar-refractivity contribution in [1.29, 1.82) is 0 Å². The van der Waals surface area contributed by atoms with Crippen molar-refractivity contribution in [2.24, 2.45) is 0 Å². The normalized spacial score (nSPS) is 10.1. The Hall–Kier alpha value is -1.18. The summed E-state index contributed by atoms with van der Waals surface area (Å²) >= 11 is 0. The molecule has 0 saturated heterocycles. The summed E-state index contributed by atoms with van der Waals surface area (Å²) in [5, 5.41) is 0. The van der Waals surface area contributed by atoms with Gasteiger partial charge >= 0.3 is 0 Å². The molecular weight excluding hydrogens is 200 g/mol. The fourth-order valence-corrected chi connectivity index (χ4v) is 1.26. The van der Waals surface area contributed by atoms with E-state index in [-0.39, 0.29) is 0 Å². The second kappa shape index (κ2) is 8.03. The molecule has 0 spiro atoms. The van der Waals surface area contributed by atoms with Gasteiger partial charge in [-0.25, -0.2) is 0 Å². The Labute approximate surface area is 98.6 Å². The number of hydrogen-bond acceptors (Lipinski definition) is 2. The number of ether oxygens (including phenoxy) is 2. The summed E-state index contributed by atoms with van der Waals surface area (Å²) in [7, 11) is 0. The predicted molar refractivity (Wildman–Crippen MR) is 66.9 cm³/mol. The number of benzene rings is 1. The molecule has 1 aromatic rings. The molecule has 0 aromatic heterocycles. The molecule has 0 aliphatic heterocycles. The van der Waals surface area contributed by atoms with Gasteiger partial charge in [-0.3, -0.25) is 0 Å². The smallest absolute Gasteiger partial charge is 0.119 e. The van der Waals surface area contributed by atoms with Crippen LogP contribution < -0.4 is 9.47 Å². The number of unbranched alkanes of at least 4 members (excludes halogenated alkanes) is 2. The highest BCUT2D eigenvalue weighted by Gasteiger charge is 1.95. The van der Waals surface area contributed by atoms with Gasteiger partial charge in [-0.2, -0.15) is 0 Å². The zero-order valence-electron chi connectivity index (χ0n) is 10.1. The molecule has 2 heteroatoms. The van der Waals surface area contributed by atoms with E-state index in [4.69, 9.17) is 9.47 Å². The van der Waals surface area contributed by atoms with Gasteiger partial charge in [-0.15, -0.1) is 0 Å². The fourth-order valence-electron chi connectivity index (χ4n) is 1.26. The molecule has 0 atom stereocenters. The molecule has 0 bridgehead atoms. The van der Waals surface area contributed by atoms with Gasteiger partial charge in [-0.1, -0.05) is 26.7 Å². The Morgan fingerprint density at radius 1 is 0.938 bits per heavy atom. The van der Waals surface area contributed by atoms with Crippen LogP contribution in [0, 0.1) is 6.92 Å². The summed E-state index contributed by atoms with van der Waals surface area (Å²) in [6, 6.07) is 7.80. The number of hydrogen-bond donors (Lipinski definition) is 0. The van der Waals surface area contributed by atoms with Gasteiger partial charge in [0, 0.05) is 0 Å². The summed E-state index contributed by atoms with van der Waals surface area (Å²) in [5.74, 6) is 1.81. The van der Waals surface area contributed by atoms with E-state index in [9.17, 15) is 0 Å². The third kappa shape index (κ3) is 5.06. The maximum absolute atomic E-state index is 5.56. The van der Waals surface area contributed by atoms with Crippen LogP contribution in [0.4, 0.5) is 0 Å².